The molecule has 0 bridgehead atoms. The van der Waals surface area contributed by atoms with Crippen LogP contribution < -0.4 is 10.6 Å². The molecular formula is C13H26IN5. The molecule has 6 heteroatoms. The molecule has 0 aromatic carbocycles. The molecule has 110 valence electrons. The largest absolute Gasteiger partial charge is 0.357 e. The fourth-order valence-corrected chi connectivity index (χ4v) is 1.52. The number of rotatable bonds is 4. The maximum atomic E-state index is 4.54. The summed E-state index contributed by atoms with van der Waals surface area (Å²) in [6.07, 6.45) is 3.89. The van der Waals surface area contributed by atoms with E-state index in [0.29, 0.717) is 6.54 Å². The molecule has 0 spiro atoms. The van der Waals surface area contributed by atoms with Crippen LogP contribution in [0.2, 0.25) is 0 Å². The molecule has 0 radical (unpaired) electrons. The van der Waals surface area contributed by atoms with Gasteiger partial charge in [-0.1, -0.05) is 0 Å². The first kappa shape index (κ1) is 18.2. The number of nitrogens with zero attached hydrogens (tertiary/aromatic N) is 3. The van der Waals surface area contributed by atoms with Gasteiger partial charge in [0.25, 0.3) is 0 Å². The summed E-state index contributed by atoms with van der Waals surface area (Å²) in [7, 11) is 0. The molecule has 0 aliphatic rings. The normalized spacial score (nSPS) is 11.9. The van der Waals surface area contributed by atoms with E-state index in [0.717, 1.165) is 19.0 Å². The molecule has 0 amide bonds. The summed E-state index contributed by atoms with van der Waals surface area (Å²) in [5.74, 6) is 0.855. The number of hydrogen-bond donors (Lipinski definition) is 2. The predicted molar refractivity (Wildman–Crippen MR) is 91.2 cm³/mol. The number of hydrogen-bond acceptors (Lipinski definition) is 2. The van der Waals surface area contributed by atoms with Crippen LogP contribution >= 0.6 is 24.0 Å². The fourth-order valence-electron chi connectivity index (χ4n) is 1.52. The van der Waals surface area contributed by atoms with Gasteiger partial charge in [0.15, 0.2) is 5.96 Å². The van der Waals surface area contributed by atoms with Gasteiger partial charge in [0.2, 0.25) is 0 Å². The third kappa shape index (κ3) is 8.07. The van der Waals surface area contributed by atoms with Crippen LogP contribution in [0.4, 0.5) is 0 Å². The molecule has 1 aromatic rings. The summed E-state index contributed by atoms with van der Waals surface area (Å²) < 4.78 is 1.92. The molecule has 0 saturated carbocycles. The van der Waals surface area contributed by atoms with E-state index in [4.69, 9.17) is 0 Å². The Morgan fingerprint density at radius 3 is 2.58 bits per heavy atom. The minimum atomic E-state index is 0. The van der Waals surface area contributed by atoms with Crippen LogP contribution in [0.5, 0.6) is 0 Å². The predicted octanol–water partition coefficient (Wildman–Crippen LogP) is 2.16. The van der Waals surface area contributed by atoms with Crippen molar-refractivity contribution in [2.24, 2.45) is 4.99 Å². The fraction of sp³-hybridized carbons (Fsp3) is 0.692. The average Bonchev–Trinajstić information content (AvgIpc) is 2.62. The molecule has 0 fully saturated rings. The van der Waals surface area contributed by atoms with Crippen molar-refractivity contribution in [1.29, 1.82) is 0 Å². The van der Waals surface area contributed by atoms with Crippen LogP contribution in [0.1, 0.15) is 33.3 Å². The smallest absolute Gasteiger partial charge is 0.191 e. The second kappa shape index (κ2) is 8.39. The zero-order chi connectivity index (χ0) is 13.6. The Balaban J connectivity index is 0.00000324. The topological polar surface area (TPSA) is 54.2 Å². The van der Waals surface area contributed by atoms with Gasteiger partial charge in [-0.2, -0.15) is 5.10 Å². The second-order valence-corrected chi connectivity index (χ2v) is 5.42. The number of guanidine groups is 1. The van der Waals surface area contributed by atoms with E-state index >= 15 is 0 Å². The summed E-state index contributed by atoms with van der Waals surface area (Å²) in [6, 6.07) is 0. The lowest BCUT2D eigenvalue weighted by atomic mass is 10.1. The van der Waals surface area contributed by atoms with Crippen LogP contribution in [0.25, 0.3) is 0 Å². The van der Waals surface area contributed by atoms with Gasteiger partial charge in [0.1, 0.15) is 0 Å². The summed E-state index contributed by atoms with van der Waals surface area (Å²) >= 11 is 0. The van der Waals surface area contributed by atoms with Gasteiger partial charge >= 0.3 is 0 Å². The molecule has 0 aliphatic heterocycles. The highest BCUT2D eigenvalue weighted by molar-refractivity contribution is 14.0. The van der Waals surface area contributed by atoms with Crippen molar-refractivity contribution in [3.05, 3.63) is 18.0 Å². The van der Waals surface area contributed by atoms with Crippen molar-refractivity contribution in [2.75, 3.05) is 13.1 Å². The van der Waals surface area contributed by atoms with Crippen molar-refractivity contribution in [3.8, 4) is 0 Å². The molecule has 2 N–H and O–H groups in total. The minimum absolute atomic E-state index is 0. The van der Waals surface area contributed by atoms with E-state index < -0.39 is 0 Å². The number of aromatic nitrogens is 2. The Hall–Kier alpha value is -0.790. The van der Waals surface area contributed by atoms with Gasteiger partial charge in [-0.15, -0.1) is 24.0 Å². The average molecular weight is 379 g/mol. The SMILES string of the molecule is CCNC(=NCCn1cc(C)cn1)NC(C)(C)C.I. The number of aryl methyl sites for hydroxylation is 1. The monoisotopic (exact) mass is 379 g/mol. The maximum Gasteiger partial charge on any atom is 0.191 e. The Kier molecular flexibility index (Phi) is 8.05. The van der Waals surface area contributed by atoms with Crippen LogP contribution in [-0.2, 0) is 6.54 Å². The summed E-state index contributed by atoms with van der Waals surface area (Å²) in [5.41, 5.74) is 1.20. The molecule has 0 aliphatic carbocycles. The zero-order valence-corrected chi connectivity index (χ0v) is 14.9. The van der Waals surface area contributed by atoms with Gasteiger partial charge in [-0.25, -0.2) is 0 Å². The first-order valence-corrected chi connectivity index (χ1v) is 6.46. The summed E-state index contributed by atoms with van der Waals surface area (Å²) in [5, 5.41) is 10.8. The molecule has 19 heavy (non-hydrogen) atoms. The lowest BCUT2D eigenvalue weighted by molar-refractivity contribution is 0.500. The zero-order valence-electron chi connectivity index (χ0n) is 12.5. The minimum Gasteiger partial charge on any atom is -0.357 e. The van der Waals surface area contributed by atoms with Crippen LogP contribution in [0, 0.1) is 6.92 Å². The molecule has 0 saturated heterocycles. The number of nitrogens with one attached hydrogen (secondary N) is 2. The van der Waals surface area contributed by atoms with Gasteiger partial charge in [-0.05, 0) is 40.2 Å². The number of halogens is 1. The molecule has 1 heterocycles. The quantitative estimate of drug-likeness (QED) is 0.479. The molecular weight excluding hydrogens is 353 g/mol. The van der Waals surface area contributed by atoms with E-state index in [9.17, 15) is 0 Å². The molecule has 1 aromatic heterocycles. The first-order chi connectivity index (χ1) is 8.40. The lowest BCUT2D eigenvalue weighted by Crippen LogP contribution is -2.47. The molecule has 5 nitrogen and oxygen atoms in total. The third-order valence-electron chi connectivity index (χ3n) is 2.20. The van der Waals surface area contributed by atoms with E-state index in [1.54, 1.807) is 0 Å². The van der Waals surface area contributed by atoms with Gasteiger partial charge in [0, 0.05) is 18.3 Å². The standard InChI is InChI=1S/C13H25N5.HI/c1-6-14-12(17-13(3,4)5)15-7-8-18-10-11(2)9-16-18;/h9-10H,6-8H2,1-5H3,(H2,14,15,17);1H. The van der Waals surface area contributed by atoms with E-state index in [-0.39, 0.29) is 29.5 Å². The number of aliphatic imine (C=N–C) groups is 1. The lowest BCUT2D eigenvalue weighted by Gasteiger charge is -2.23. The highest BCUT2D eigenvalue weighted by Gasteiger charge is 2.11. The van der Waals surface area contributed by atoms with Crippen LogP contribution in [0.15, 0.2) is 17.4 Å². The Bertz CT molecular complexity index is 392. The molecule has 0 atom stereocenters. The van der Waals surface area contributed by atoms with Crippen LogP contribution in [0.3, 0.4) is 0 Å². The van der Waals surface area contributed by atoms with E-state index in [1.807, 2.05) is 24.0 Å². The maximum absolute atomic E-state index is 4.54. The van der Waals surface area contributed by atoms with Crippen molar-refractivity contribution < 1.29 is 0 Å². The van der Waals surface area contributed by atoms with Crippen LogP contribution in [-0.4, -0.2) is 34.4 Å². The Morgan fingerprint density at radius 1 is 1.42 bits per heavy atom. The molecule has 1 rings (SSSR count). The summed E-state index contributed by atoms with van der Waals surface area (Å²) in [6.45, 7) is 12.8. The van der Waals surface area contributed by atoms with Gasteiger partial charge in [0.05, 0.1) is 19.3 Å². The Labute approximate surface area is 133 Å². The van der Waals surface area contributed by atoms with Crippen molar-refractivity contribution in [1.82, 2.24) is 20.4 Å². The highest BCUT2D eigenvalue weighted by atomic mass is 127. The third-order valence-corrected chi connectivity index (χ3v) is 2.20. The molecule has 0 unspecified atom stereocenters. The van der Waals surface area contributed by atoms with Crippen molar-refractivity contribution in [3.63, 3.8) is 0 Å². The second-order valence-electron chi connectivity index (χ2n) is 5.42. The van der Waals surface area contributed by atoms with Crippen molar-refractivity contribution in [2.45, 2.75) is 46.7 Å². The van der Waals surface area contributed by atoms with E-state index in [1.165, 1.54) is 5.56 Å². The Morgan fingerprint density at radius 2 is 2.11 bits per heavy atom. The first-order valence-electron chi connectivity index (χ1n) is 6.46. The highest BCUT2D eigenvalue weighted by Crippen LogP contribution is 1.98. The summed E-state index contributed by atoms with van der Waals surface area (Å²) in [4.78, 5) is 4.54. The van der Waals surface area contributed by atoms with E-state index in [2.05, 4.69) is 48.4 Å². The van der Waals surface area contributed by atoms with Gasteiger partial charge in [-0.3, -0.25) is 9.67 Å². The van der Waals surface area contributed by atoms with Crippen molar-refractivity contribution >= 4 is 29.9 Å². The van der Waals surface area contributed by atoms with Gasteiger partial charge < -0.3 is 10.6 Å².